The van der Waals surface area contributed by atoms with Gasteiger partial charge in [0.25, 0.3) is 0 Å². The van der Waals surface area contributed by atoms with Gasteiger partial charge in [0.1, 0.15) is 5.75 Å². The van der Waals surface area contributed by atoms with E-state index in [1.165, 1.54) is 29.7 Å². The van der Waals surface area contributed by atoms with Crippen LogP contribution >= 0.6 is 11.8 Å². The summed E-state index contributed by atoms with van der Waals surface area (Å²) < 4.78 is 5.22. The first-order valence-electron chi connectivity index (χ1n) is 5.84. The maximum atomic E-state index is 5.22. The first-order chi connectivity index (χ1) is 7.79. The van der Waals surface area contributed by atoms with Crippen LogP contribution in [-0.2, 0) is 0 Å². The largest absolute Gasteiger partial charge is 0.497 e. The van der Waals surface area contributed by atoms with Crippen LogP contribution in [0, 0.1) is 6.92 Å². The van der Waals surface area contributed by atoms with Crippen molar-refractivity contribution in [1.29, 1.82) is 0 Å². The monoisotopic (exact) mass is 237 g/mol. The molecule has 88 valence electrons. The molecule has 2 nitrogen and oxygen atoms in total. The smallest absolute Gasteiger partial charge is 0.119 e. The Balaban J connectivity index is 2.03. The molecule has 1 aromatic rings. The van der Waals surface area contributed by atoms with Crippen molar-refractivity contribution in [3.63, 3.8) is 0 Å². The zero-order chi connectivity index (χ0) is 11.4. The van der Waals surface area contributed by atoms with Gasteiger partial charge in [-0.05, 0) is 56.5 Å². The zero-order valence-corrected chi connectivity index (χ0v) is 10.8. The van der Waals surface area contributed by atoms with Crippen molar-refractivity contribution in [3.8, 4) is 5.75 Å². The summed E-state index contributed by atoms with van der Waals surface area (Å²) in [5.41, 5.74) is 1.30. The van der Waals surface area contributed by atoms with Crippen molar-refractivity contribution in [2.75, 3.05) is 13.7 Å². The molecule has 1 aliphatic rings. The summed E-state index contributed by atoms with van der Waals surface area (Å²) in [5.74, 6) is 0.943. The number of hydrogen-bond donors (Lipinski definition) is 1. The highest BCUT2D eigenvalue weighted by Gasteiger charge is 2.14. The summed E-state index contributed by atoms with van der Waals surface area (Å²) in [6.07, 6.45) is 3.94. The lowest BCUT2D eigenvalue weighted by molar-refractivity contribution is 0.414. The maximum Gasteiger partial charge on any atom is 0.119 e. The summed E-state index contributed by atoms with van der Waals surface area (Å²) >= 11 is 1.94. The van der Waals surface area contributed by atoms with Gasteiger partial charge in [0.2, 0.25) is 0 Å². The van der Waals surface area contributed by atoms with Crippen molar-refractivity contribution < 1.29 is 4.74 Å². The fourth-order valence-corrected chi connectivity index (χ4v) is 3.14. The molecule has 3 heteroatoms. The Hall–Kier alpha value is -0.670. The van der Waals surface area contributed by atoms with E-state index >= 15 is 0 Å². The third kappa shape index (κ3) is 2.92. The Bertz CT molecular complexity index is 348. The molecule has 1 atom stereocenters. The SMILES string of the molecule is COc1ccc(SC2CCCCN2)c(C)c1. The molecule has 0 spiro atoms. The van der Waals surface area contributed by atoms with Crippen molar-refractivity contribution in [2.45, 2.75) is 36.5 Å². The van der Waals surface area contributed by atoms with Crippen LogP contribution in [0.4, 0.5) is 0 Å². The molecule has 2 rings (SSSR count). The summed E-state index contributed by atoms with van der Waals surface area (Å²) in [4.78, 5) is 1.36. The maximum absolute atomic E-state index is 5.22. The summed E-state index contributed by atoms with van der Waals surface area (Å²) in [7, 11) is 1.71. The highest BCUT2D eigenvalue weighted by atomic mass is 32.2. The normalized spacial score (nSPS) is 20.8. The second-order valence-electron chi connectivity index (χ2n) is 4.19. The van der Waals surface area contributed by atoms with Gasteiger partial charge in [0.15, 0.2) is 0 Å². The van der Waals surface area contributed by atoms with E-state index in [0.29, 0.717) is 5.37 Å². The van der Waals surface area contributed by atoms with Gasteiger partial charge in [-0.1, -0.05) is 0 Å². The molecule has 0 aromatic heterocycles. The van der Waals surface area contributed by atoms with Crippen LogP contribution in [0.3, 0.4) is 0 Å². The van der Waals surface area contributed by atoms with E-state index in [9.17, 15) is 0 Å². The number of benzene rings is 1. The summed E-state index contributed by atoms with van der Waals surface area (Å²) in [6.45, 7) is 3.31. The van der Waals surface area contributed by atoms with Crippen LogP contribution in [0.2, 0.25) is 0 Å². The van der Waals surface area contributed by atoms with Crippen LogP contribution in [0.1, 0.15) is 24.8 Å². The van der Waals surface area contributed by atoms with Gasteiger partial charge >= 0.3 is 0 Å². The highest BCUT2D eigenvalue weighted by molar-refractivity contribution is 8.00. The van der Waals surface area contributed by atoms with E-state index in [1.54, 1.807) is 7.11 Å². The minimum atomic E-state index is 0.584. The van der Waals surface area contributed by atoms with E-state index in [1.807, 2.05) is 17.8 Å². The zero-order valence-electron chi connectivity index (χ0n) is 9.95. The van der Waals surface area contributed by atoms with Crippen molar-refractivity contribution >= 4 is 11.8 Å². The Morgan fingerprint density at radius 3 is 2.88 bits per heavy atom. The molecule has 1 unspecified atom stereocenters. The van der Waals surface area contributed by atoms with E-state index in [2.05, 4.69) is 24.4 Å². The van der Waals surface area contributed by atoms with Crippen molar-refractivity contribution in [1.82, 2.24) is 5.32 Å². The van der Waals surface area contributed by atoms with Gasteiger partial charge in [-0.15, -0.1) is 11.8 Å². The van der Waals surface area contributed by atoms with Crippen LogP contribution in [-0.4, -0.2) is 19.0 Å². The number of ether oxygens (including phenoxy) is 1. The van der Waals surface area contributed by atoms with Crippen molar-refractivity contribution in [2.24, 2.45) is 0 Å². The third-order valence-corrected chi connectivity index (χ3v) is 4.32. The van der Waals surface area contributed by atoms with Gasteiger partial charge in [0.05, 0.1) is 12.5 Å². The van der Waals surface area contributed by atoms with E-state index < -0.39 is 0 Å². The predicted octanol–water partition coefficient (Wildman–Crippen LogP) is 3.20. The molecule has 1 aliphatic heterocycles. The van der Waals surface area contributed by atoms with Crippen LogP contribution in [0.15, 0.2) is 23.1 Å². The summed E-state index contributed by atoms with van der Waals surface area (Å²) in [5, 5.41) is 4.14. The fraction of sp³-hybridized carbons (Fsp3) is 0.538. The number of thioether (sulfide) groups is 1. The molecule has 0 saturated carbocycles. The standard InChI is InChI=1S/C13H19NOS/c1-10-9-11(15-2)6-7-12(10)16-13-5-3-4-8-14-13/h6-7,9,13-14H,3-5,8H2,1-2H3. The summed E-state index contributed by atoms with van der Waals surface area (Å²) in [6, 6.07) is 6.30. The van der Waals surface area contributed by atoms with Gasteiger partial charge in [-0.25, -0.2) is 0 Å². The van der Waals surface area contributed by atoms with Gasteiger partial charge in [0, 0.05) is 4.90 Å². The lowest BCUT2D eigenvalue weighted by Crippen LogP contribution is -2.31. The molecule has 0 bridgehead atoms. The molecule has 0 amide bonds. The quantitative estimate of drug-likeness (QED) is 0.872. The molecule has 1 aromatic carbocycles. The average Bonchev–Trinajstić information content (AvgIpc) is 2.33. The number of piperidine rings is 1. The number of hydrogen-bond acceptors (Lipinski definition) is 3. The Labute approximate surface area is 102 Å². The molecule has 1 heterocycles. The predicted molar refractivity (Wildman–Crippen MR) is 69.2 cm³/mol. The van der Waals surface area contributed by atoms with E-state index in [4.69, 9.17) is 4.74 Å². The lowest BCUT2D eigenvalue weighted by Gasteiger charge is -2.23. The number of rotatable bonds is 3. The molecule has 1 fully saturated rings. The van der Waals surface area contributed by atoms with E-state index in [-0.39, 0.29) is 0 Å². The first-order valence-corrected chi connectivity index (χ1v) is 6.72. The Morgan fingerprint density at radius 2 is 2.25 bits per heavy atom. The van der Waals surface area contributed by atoms with Gasteiger partial charge in [-0.3, -0.25) is 0 Å². The molecule has 16 heavy (non-hydrogen) atoms. The number of nitrogens with one attached hydrogen (secondary N) is 1. The minimum absolute atomic E-state index is 0.584. The van der Waals surface area contributed by atoms with Crippen LogP contribution in [0.5, 0.6) is 5.75 Å². The van der Waals surface area contributed by atoms with Crippen LogP contribution < -0.4 is 10.1 Å². The molecule has 1 N–H and O–H groups in total. The molecular weight excluding hydrogens is 218 g/mol. The Kier molecular flexibility index (Phi) is 4.13. The second-order valence-corrected chi connectivity index (χ2v) is 5.43. The van der Waals surface area contributed by atoms with Gasteiger partial charge < -0.3 is 10.1 Å². The van der Waals surface area contributed by atoms with E-state index in [0.717, 1.165) is 12.3 Å². The molecule has 1 saturated heterocycles. The first kappa shape index (κ1) is 11.8. The topological polar surface area (TPSA) is 21.3 Å². The lowest BCUT2D eigenvalue weighted by atomic mass is 10.2. The minimum Gasteiger partial charge on any atom is -0.497 e. The van der Waals surface area contributed by atoms with Crippen molar-refractivity contribution in [3.05, 3.63) is 23.8 Å². The second kappa shape index (κ2) is 5.60. The average molecular weight is 237 g/mol. The number of methoxy groups -OCH3 is 1. The fourth-order valence-electron chi connectivity index (χ4n) is 1.95. The molecule has 0 aliphatic carbocycles. The van der Waals surface area contributed by atoms with Crippen LogP contribution in [0.25, 0.3) is 0 Å². The Morgan fingerprint density at radius 1 is 1.38 bits per heavy atom. The number of aryl methyl sites for hydroxylation is 1. The third-order valence-electron chi connectivity index (χ3n) is 2.92. The molecule has 0 radical (unpaired) electrons. The van der Waals surface area contributed by atoms with Gasteiger partial charge in [-0.2, -0.15) is 0 Å². The molecular formula is C13H19NOS. The highest BCUT2D eigenvalue weighted by Crippen LogP contribution is 2.31.